The molecule has 1 unspecified atom stereocenters. The van der Waals surface area contributed by atoms with Crippen LogP contribution in [0.2, 0.25) is 0 Å². The molecule has 2 aromatic rings. The minimum atomic E-state index is -0.0665. The summed E-state index contributed by atoms with van der Waals surface area (Å²) in [6.07, 6.45) is 1.97. The number of amides is 1. The van der Waals surface area contributed by atoms with Gasteiger partial charge in [0.05, 0.1) is 6.10 Å². The van der Waals surface area contributed by atoms with Crippen molar-refractivity contribution >= 4 is 11.6 Å². The van der Waals surface area contributed by atoms with Gasteiger partial charge in [0, 0.05) is 17.3 Å². The van der Waals surface area contributed by atoms with E-state index in [1.54, 1.807) is 24.3 Å². The number of ether oxygens (including phenoxy) is 1. The Morgan fingerprint density at radius 2 is 1.67 bits per heavy atom. The van der Waals surface area contributed by atoms with Crippen molar-refractivity contribution in [3.8, 4) is 5.75 Å². The van der Waals surface area contributed by atoms with E-state index in [1.807, 2.05) is 32.9 Å². The second-order valence-electron chi connectivity index (χ2n) is 6.35. The average molecular weight is 326 g/mol. The quantitative estimate of drug-likeness (QED) is 0.761. The lowest BCUT2D eigenvalue weighted by atomic mass is 10.1. The molecule has 0 radical (unpaired) electrons. The van der Waals surface area contributed by atoms with E-state index in [4.69, 9.17) is 10.5 Å². The fourth-order valence-corrected chi connectivity index (χ4v) is 2.40. The van der Waals surface area contributed by atoms with Crippen LogP contribution in [0.5, 0.6) is 5.75 Å². The van der Waals surface area contributed by atoms with E-state index in [0.29, 0.717) is 11.3 Å². The number of carbonyl (C=O) groups is 1. The number of benzene rings is 2. The highest BCUT2D eigenvalue weighted by atomic mass is 16.5. The number of rotatable bonds is 7. The third-order valence-electron chi connectivity index (χ3n) is 3.71. The van der Waals surface area contributed by atoms with Crippen molar-refractivity contribution in [3.05, 3.63) is 59.7 Å². The van der Waals surface area contributed by atoms with Gasteiger partial charge in [0.25, 0.3) is 5.91 Å². The molecule has 0 heterocycles. The maximum Gasteiger partial charge on any atom is 0.251 e. The van der Waals surface area contributed by atoms with E-state index in [9.17, 15) is 4.79 Å². The standard InChI is InChI=1S/C20H26N2O2/c1-14(2)24-19-12-6-16(7-13-19)5-4-15(3)22-20(23)17-8-10-18(21)11-9-17/h6-15H,4-5,21H2,1-3H3,(H,22,23). The van der Waals surface area contributed by atoms with Crippen LogP contribution in [0.1, 0.15) is 43.1 Å². The number of nitrogen functional groups attached to an aromatic ring is 1. The summed E-state index contributed by atoms with van der Waals surface area (Å²) in [5, 5.41) is 3.02. The fourth-order valence-electron chi connectivity index (χ4n) is 2.40. The van der Waals surface area contributed by atoms with E-state index < -0.39 is 0 Å². The maximum atomic E-state index is 12.2. The molecule has 128 valence electrons. The van der Waals surface area contributed by atoms with Crippen LogP contribution in [0.4, 0.5) is 5.69 Å². The number of nitrogens with one attached hydrogen (secondary N) is 1. The molecule has 0 aliphatic carbocycles. The molecule has 1 atom stereocenters. The highest BCUT2D eigenvalue weighted by molar-refractivity contribution is 5.94. The Kier molecular flexibility index (Phi) is 6.24. The van der Waals surface area contributed by atoms with Crippen LogP contribution in [0.15, 0.2) is 48.5 Å². The molecule has 1 amide bonds. The zero-order valence-corrected chi connectivity index (χ0v) is 14.6. The Balaban J connectivity index is 1.81. The van der Waals surface area contributed by atoms with Crippen LogP contribution < -0.4 is 15.8 Å². The Bertz CT molecular complexity index is 648. The van der Waals surface area contributed by atoms with Gasteiger partial charge in [-0.3, -0.25) is 4.79 Å². The molecule has 0 fully saturated rings. The molecule has 0 saturated carbocycles. The van der Waals surface area contributed by atoms with Gasteiger partial charge in [0.2, 0.25) is 0 Å². The fraction of sp³-hybridized carbons (Fsp3) is 0.350. The van der Waals surface area contributed by atoms with E-state index in [0.717, 1.165) is 18.6 Å². The van der Waals surface area contributed by atoms with E-state index in [2.05, 4.69) is 17.4 Å². The number of anilines is 1. The predicted octanol–water partition coefficient (Wildman–Crippen LogP) is 3.81. The summed E-state index contributed by atoms with van der Waals surface area (Å²) in [5.41, 5.74) is 8.16. The van der Waals surface area contributed by atoms with Gasteiger partial charge in [-0.1, -0.05) is 12.1 Å². The van der Waals surface area contributed by atoms with Crippen molar-refractivity contribution in [1.82, 2.24) is 5.32 Å². The second kappa shape index (κ2) is 8.39. The molecule has 2 rings (SSSR count). The monoisotopic (exact) mass is 326 g/mol. The molecule has 0 aromatic heterocycles. The van der Waals surface area contributed by atoms with Gasteiger partial charge >= 0.3 is 0 Å². The Morgan fingerprint density at radius 1 is 1.04 bits per heavy atom. The molecule has 0 aliphatic rings. The van der Waals surface area contributed by atoms with Crippen LogP contribution in [0.3, 0.4) is 0 Å². The lowest BCUT2D eigenvalue weighted by Gasteiger charge is -2.14. The minimum Gasteiger partial charge on any atom is -0.491 e. The SMILES string of the molecule is CC(CCc1ccc(OC(C)C)cc1)NC(=O)c1ccc(N)cc1. The number of hydrogen-bond acceptors (Lipinski definition) is 3. The highest BCUT2D eigenvalue weighted by Crippen LogP contribution is 2.15. The van der Waals surface area contributed by atoms with Crippen LogP contribution in [-0.4, -0.2) is 18.1 Å². The predicted molar refractivity (Wildman–Crippen MR) is 98.3 cm³/mol. The normalized spacial score (nSPS) is 12.0. The van der Waals surface area contributed by atoms with Gasteiger partial charge < -0.3 is 15.8 Å². The van der Waals surface area contributed by atoms with E-state index >= 15 is 0 Å². The zero-order chi connectivity index (χ0) is 17.5. The lowest BCUT2D eigenvalue weighted by Crippen LogP contribution is -2.32. The van der Waals surface area contributed by atoms with Gasteiger partial charge in [-0.05, 0) is 75.6 Å². The van der Waals surface area contributed by atoms with Gasteiger partial charge in [0.1, 0.15) is 5.75 Å². The highest BCUT2D eigenvalue weighted by Gasteiger charge is 2.10. The molecule has 0 aliphatic heterocycles. The summed E-state index contributed by atoms with van der Waals surface area (Å²) in [6, 6.07) is 15.2. The van der Waals surface area contributed by atoms with Crippen LogP contribution in [0.25, 0.3) is 0 Å². The van der Waals surface area contributed by atoms with Crippen LogP contribution >= 0.6 is 0 Å². The van der Waals surface area contributed by atoms with Crippen molar-refractivity contribution in [2.45, 2.75) is 45.8 Å². The molecule has 0 bridgehead atoms. The summed E-state index contributed by atoms with van der Waals surface area (Å²) in [7, 11) is 0. The minimum absolute atomic E-state index is 0.0665. The van der Waals surface area contributed by atoms with E-state index in [1.165, 1.54) is 5.56 Å². The van der Waals surface area contributed by atoms with Crippen molar-refractivity contribution in [3.63, 3.8) is 0 Å². The molecular formula is C20H26N2O2. The molecule has 4 nitrogen and oxygen atoms in total. The largest absolute Gasteiger partial charge is 0.491 e. The Labute approximate surface area is 144 Å². The zero-order valence-electron chi connectivity index (χ0n) is 14.6. The second-order valence-corrected chi connectivity index (χ2v) is 6.35. The average Bonchev–Trinajstić information content (AvgIpc) is 2.54. The first-order chi connectivity index (χ1) is 11.4. The molecule has 0 saturated heterocycles. The molecule has 0 spiro atoms. The van der Waals surface area contributed by atoms with Gasteiger partial charge in [-0.25, -0.2) is 0 Å². The first-order valence-electron chi connectivity index (χ1n) is 8.36. The smallest absolute Gasteiger partial charge is 0.251 e. The van der Waals surface area contributed by atoms with Crippen LogP contribution in [-0.2, 0) is 6.42 Å². The lowest BCUT2D eigenvalue weighted by molar-refractivity contribution is 0.0938. The summed E-state index contributed by atoms with van der Waals surface area (Å²) in [5.74, 6) is 0.821. The first kappa shape index (κ1) is 17.9. The molecule has 2 aromatic carbocycles. The number of aryl methyl sites for hydroxylation is 1. The van der Waals surface area contributed by atoms with E-state index in [-0.39, 0.29) is 18.1 Å². The third-order valence-corrected chi connectivity index (χ3v) is 3.71. The summed E-state index contributed by atoms with van der Waals surface area (Å²) in [6.45, 7) is 6.05. The molecule has 24 heavy (non-hydrogen) atoms. The number of hydrogen-bond donors (Lipinski definition) is 2. The third kappa shape index (κ3) is 5.61. The first-order valence-corrected chi connectivity index (χ1v) is 8.36. The maximum absolute atomic E-state index is 12.2. The summed E-state index contributed by atoms with van der Waals surface area (Å²) < 4.78 is 5.64. The Morgan fingerprint density at radius 3 is 2.25 bits per heavy atom. The number of nitrogens with two attached hydrogens (primary N) is 1. The van der Waals surface area contributed by atoms with Crippen molar-refractivity contribution in [1.29, 1.82) is 0 Å². The molecule has 3 N–H and O–H groups in total. The van der Waals surface area contributed by atoms with Gasteiger partial charge in [-0.15, -0.1) is 0 Å². The number of carbonyl (C=O) groups excluding carboxylic acids is 1. The summed E-state index contributed by atoms with van der Waals surface area (Å²) in [4.78, 5) is 12.2. The molecule has 4 heteroatoms. The molecular weight excluding hydrogens is 300 g/mol. The van der Waals surface area contributed by atoms with Gasteiger partial charge in [0.15, 0.2) is 0 Å². The van der Waals surface area contributed by atoms with Crippen molar-refractivity contribution < 1.29 is 9.53 Å². The Hall–Kier alpha value is -2.49. The topological polar surface area (TPSA) is 64.3 Å². The summed E-state index contributed by atoms with van der Waals surface area (Å²) >= 11 is 0. The van der Waals surface area contributed by atoms with Gasteiger partial charge in [-0.2, -0.15) is 0 Å². The van der Waals surface area contributed by atoms with Crippen molar-refractivity contribution in [2.24, 2.45) is 0 Å². The van der Waals surface area contributed by atoms with Crippen molar-refractivity contribution in [2.75, 3.05) is 5.73 Å². The van der Waals surface area contributed by atoms with Crippen LogP contribution in [0, 0.1) is 0 Å².